The van der Waals surface area contributed by atoms with Crippen molar-refractivity contribution in [1.82, 2.24) is 15.5 Å². The molecule has 0 saturated carbocycles. The van der Waals surface area contributed by atoms with Gasteiger partial charge in [0.1, 0.15) is 6.54 Å². The Labute approximate surface area is 168 Å². The fraction of sp³-hybridized carbons (Fsp3) is 0.286. The van der Waals surface area contributed by atoms with Crippen LogP contribution >= 0.6 is 11.6 Å². The summed E-state index contributed by atoms with van der Waals surface area (Å²) in [6.45, 7) is 3.09. The van der Waals surface area contributed by atoms with Crippen LogP contribution in [-0.4, -0.2) is 35.2 Å². The van der Waals surface area contributed by atoms with E-state index in [1.54, 1.807) is 12.1 Å². The molecular formula is C21H22ClN4O2+. The van der Waals surface area contributed by atoms with Gasteiger partial charge >= 0.3 is 0 Å². The van der Waals surface area contributed by atoms with Crippen molar-refractivity contribution >= 4 is 17.5 Å². The molecule has 1 aromatic heterocycles. The van der Waals surface area contributed by atoms with E-state index >= 15 is 0 Å². The van der Waals surface area contributed by atoms with Crippen LogP contribution in [0.5, 0.6) is 0 Å². The van der Waals surface area contributed by atoms with Gasteiger partial charge in [-0.1, -0.05) is 23.7 Å². The molecule has 144 valence electrons. The molecule has 6 nitrogen and oxygen atoms in total. The Morgan fingerprint density at radius 1 is 1.11 bits per heavy atom. The molecule has 1 aliphatic heterocycles. The van der Waals surface area contributed by atoms with Gasteiger partial charge in [-0.3, -0.25) is 4.79 Å². The number of halogens is 1. The number of hydrogen-bond acceptors (Lipinski definition) is 4. The molecule has 7 heteroatoms. The summed E-state index contributed by atoms with van der Waals surface area (Å²) in [5.74, 6) is 0.409. The standard InChI is InChI=1S/C21H21ClN4O2/c22-18-7-1-15(2-8-18)13-26-11-9-19(10-12-26)24-20(27)16-3-5-17(6-4-16)21-25-23-14-28-21/h1-8,14,19H,9-13H2,(H,24,27)/p+1. The Bertz CT molecular complexity index is 903. The first-order chi connectivity index (χ1) is 13.7. The molecule has 0 bridgehead atoms. The fourth-order valence-corrected chi connectivity index (χ4v) is 3.70. The number of piperidine rings is 1. The largest absolute Gasteiger partial charge is 0.423 e. The van der Waals surface area contributed by atoms with Crippen molar-refractivity contribution in [1.29, 1.82) is 0 Å². The van der Waals surface area contributed by atoms with Gasteiger partial charge in [-0.05, 0) is 36.4 Å². The molecule has 3 aromatic rings. The number of carbonyl (C=O) groups excluding carboxylic acids is 1. The predicted octanol–water partition coefficient (Wildman–Crippen LogP) is 2.37. The Morgan fingerprint density at radius 2 is 1.82 bits per heavy atom. The molecular weight excluding hydrogens is 376 g/mol. The second-order valence-corrected chi connectivity index (χ2v) is 7.56. The van der Waals surface area contributed by atoms with E-state index < -0.39 is 0 Å². The van der Waals surface area contributed by atoms with Crippen molar-refractivity contribution in [2.45, 2.75) is 25.4 Å². The second-order valence-electron chi connectivity index (χ2n) is 7.12. The van der Waals surface area contributed by atoms with E-state index in [0.29, 0.717) is 11.5 Å². The molecule has 1 amide bonds. The van der Waals surface area contributed by atoms with Gasteiger partial charge in [-0.25, -0.2) is 0 Å². The summed E-state index contributed by atoms with van der Waals surface area (Å²) in [5, 5.41) is 11.5. The van der Waals surface area contributed by atoms with Gasteiger partial charge in [-0.2, -0.15) is 0 Å². The smallest absolute Gasteiger partial charge is 0.251 e. The number of aromatic nitrogens is 2. The van der Waals surface area contributed by atoms with Gasteiger partial charge in [-0.15, -0.1) is 10.2 Å². The SMILES string of the molecule is O=C(NC1CC[NH+](Cc2ccc(Cl)cc2)CC1)c1ccc(-c2nnco2)cc1. The van der Waals surface area contributed by atoms with Crippen LogP contribution in [0.1, 0.15) is 28.8 Å². The van der Waals surface area contributed by atoms with Gasteiger partial charge in [0, 0.05) is 40.6 Å². The van der Waals surface area contributed by atoms with E-state index in [9.17, 15) is 4.79 Å². The average molecular weight is 398 g/mol. The number of nitrogens with one attached hydrogen (secondary N) is 2. The number of quaternary nitrogens is 1. The van der Waals surface area contributed by atoms with Gasteiger partial charge < -0.3 is 14.6 Å². The first kappa shape index (κ1) is 18.7. The minimum absolute atomic E-state index is 0.0387. The van der Waals surface area contributed by atoms with E-state index in [1.165, 1.54) is 16.9 Å². The predicted molar refractivity (Wildman–Crippen MR) is 106 cm³/mol. The lowest BCUT2D eigenvalue weighted by Crippen LogP contribution is -3.12. The molecule has 4 rings (SSSR count). The van der Waals surface area contributed by atoms with Crippen molar-refractivity contribution in [3.63, 3.8) is 0 Å². The Balaban J connectivity index is 1.27. The highest BCUT2D eigenvalue weighted by Gasteiger charge is 2.24. The lowest BCUT2D eigenvalue weighted by molar-refractivity contribution is -0.918. The molecule has 1 aliphatic rings. The van der Waals surface area contributed by atoms with Gasteiger partial charge in [0.15, 0.2) is 0 Å². The van der Waals surface area contributed by atoms with Crippen LogP contribution in [0.2, 0.25) is 5.02 Å². The minimum atomic E-state index is -0.0387. The normalized spacial score (nSPS) is 19.3. The van der Waals surface area contributed by atoms with Crippen LogP contribution in [0.4, 0.5) is 0 Å². The van der Waals surface area contributed by atoms with Crippen molar-refractivity contribution in [2.75, 3.05) is 13.1 Å². The zero-order valence-corrected chi connectivity index (χ0v) is 16.2. The lowest BCUT2D eigenvalue weighted by Gasteiger charge is -2.29. The minimum Gasteiger partial charge on any atom is -0.423 e. The van der Waals surface area contributed by atoms with Crippen molar-refractivity contribution in [3.8, 4) is 11.5 Å². The van der Waals surface area contributed by atoms with E-state index in [-0.39, 0.29) is 11.9 Å². The second kappa shape index (κ2) is 8.54. The van der Waals surface area contributed by atoms with Crippen molar-refractivity contribution < 1.29 is 14.1 Å². The van der Waals surface area contributed by atoms with E-state index in [2.05, 4.69) is 27.6 Å². The number of hydrogen-bond donors (Lipinski definition) is 2. The molecule has 0 atom stereocenters. The maximum absolute atomic E-state index is 12.5. The van der Waals surface area contributed by atoms with Gasteiger partial charge in [0.05, 0.1) is 13.1 Å². The van der Waals surface area contributed by atoms with Crippen LogP contribution in [0, 0.1) is 0 Å². The van der Waals surface area contributed by atoms with E-state index in [0.717, 1.165) is 43.1 Å². The molecule has 2 N–H and O–H groups in total. The van der Waals surface area contributed by atoms with Crippen molar-refractivity contribution in [3.05, 3.63) is 71.1 Å². The Morgan fingerprint density at radius 3 is 2.46 bits per heavy atom. The zero-order chi connectivity index (χ0) is 19.3. The first-order valence-electron chi connectivity index (χ1n) is 9.43. The van der Waals surface area contributed by atoms with Crippen LogP contribution in [0.15, 0.2) is 59.3 Å². The van der Waals surface area contributed by atoms with E-state index in [1.807, 2.05) is 24.3 Å². The van der Waals surface area contributed by atoms with Gasteiger partial charge in [0.2, 0.25) is 12.3 Å². The number of nitrogens with zero attached hydrogens (tertiary/aromatic N) is 2. The maximum atomic E-state index is 12.5. The highest BCUT2D eigenvalue weighted by Crippen LogP contribution is 2.17. The average Bonchev–Trinajstić information content (AvgIpc) is 3.26. The number of benzene rings is 2. The lowest BCUT2D eigenvalue weighted by atomic mass is 10.0. The summed E-state index contributed by atoms with van der Waals surface area (Å²) < 4.78 is 5.17. The Hall–Kier alpha value is -2.70. The quantitative estimate of drug-likeness (QED) is 0.693. The number of carbonyl (C=O) groups is 1. The third-order valence-corrected chi connectivity index (χ3v) is 5.40. The van der Waals surface area contributed by atoms with Crippen LogP contribution in [0.3, 0.4) is 0 Å². The van der Waals surface area contributed by atoms with Crippen LogP contribution in [-0.2, 0) is 6.54 Å². The molecule has 1 saturated heterocycles. The topological polar surface area (TPSA) is 72.5 Å². The molecule has 2 aromatic carbocycles. The van der Waals surface area contributed by atoms with Crippen molar-refractivity contribution in [2.24, 2.45) is 0 Å². The molecule has 2 heterocycles. The first-order valence-corrected chi connectivity index (χ1v) is 9.80. The summed E-state index contributed by atoms with van der Waals surface area (Å²) in [6, 6.07) is 15.5. The number of rotatable bonds is 5. The summed E-state index contributed by atoms with van der Waals surface area (Å²) in [4.78, 5) is 14.1. The van der Waals surface area contributed by atoms with E-state index in [4.69, 9.17) is 16.0 Å². The monoisotopic (exact) mass is 397 g/mol. The highest BCUT2D eigenvalue weighted by molar-refractivity contribution is 6.30. The maximum Gasteiger partial charge on any atom is 0.251 e. The summed E-state index contributed by atoms with van der Waals surface area (Å²) in [6.07, 6.45) is 3.25. The third kappa shape index (κ3) is 4.58. The van der Waals surface area contributed by atoms with Gasteiger partial charge in [0.25, 0.3) is 5.91 Å². The fourth-order valence-electron chi connectivity index (χ4n) is 3.57. The molecule has 0 spiro atoms. The zero-order valence-electron chi connectivity index (χ0n) is 15.4. The van der Waals surface area contributed by atoms with Crippen LogP contribution in [0.25, 0.3) is 11.5 Å². The highest BCUT2D eigenvalue weighted by atomic mass is 35.5. The molecule has 0 aliphatic carbocycles. The molecule has 0 radical (unpaired) electrons. The number of amides is 1. The molecule has 0 unspecified atom stereocenters. The molecule has 28 heavy (non-hydrogen) atoms. The molecule has 1 fully saturated rings. The van der Waals surface area contributed by atoms with Crippen LogP contribution < -0.4 is 10.2 Å². The third-order valence-electron chi connectivity index (χ3n) is 5.15. The summed E-state index contributed by atoms with van der Waals surface area (Å²) in [5.41, 5.74) is 2.73. The summed E-state index contributed by atoms with van der Waals surface area (Å²) in [7, 11) is 0. The Kier molecular flexibility index (Phi) is 5.69. The number of likely N-dealkylation sites (tertiary alicyclic amines) is 1. The summed E-state index contributed by atoms with van der Waals surface area (Å²) >= 11 is 5.95.